The molecule has 32 heavy (non-hydrogen) atoms. The number of methoxy groups -OCH3 is 1. The molecular formula is C25H26N2O5. The zero-order valence-electron chi connectivity index (χ0n) is 18.6. The number of amides is 1. The summed E-state index contributed by atoms with van der Waals surface area (Å²) in [7, 11) is 1.46. The highest BCUT2D eigenvalue weighted by atomic mass is 16.5. The maximum Gasteiger partial charge on any atom is 0.325 e. The summed E-state index contributed by atoms with van der Waals surface area (Å²) < 4.78 is 12.2. The van der Waals surface area contributed by atoms with Crippen LogP contribution in [0.5, 0.6) is 5.75 Å². The van der Waals surface area contributed by atoms with Gasteiger partial charge in [0.1, 0.15) is 12.3 Å². The largest absolute Gasteiger partial charge is 0.496 e. The molecule has 0 fully saturated rings. The van der Waals surface area contributed by atoms with Crippen LogP contribution in [0.4, 0.5) is 0 Å². The molecule has 0 atom stereocenters. The average molecular weight is 434 g/mol. The van der Waals surface area contributed by atoms with Crippen molar-refractivity contribution in [2.75, 3.05) is 20.3 Å². The van der Waals surface area contributed by atoms with E-state index in [0.29, 0.717) is 16.9 Å². The predicted molar refractivity (Wildman–Crippen MR) is 121 cm³/mol. The van der Waals surface area contributed by atoms with E-state index >= 15 is 0 Å². The van der Waals surface area contributed by atoms with E-state index in [9.17, 15) is 14.4 Å². The smallest absolute Gasteiger partial charge is 0.325 e. The summed E-state index contributed by atoms with van der Waals surface area (Å²) in [6.07, 6.45) is 0. The van der Waals surface area contributed by atoms with E-state index in [1.165, 1.54) is 7.11 Å². The van der Waals surface area contributed by atoms with Crippen molar-refractivity contribution in [3.63, 3.8) is 0 Å². The van der Waals surface area contributed by atoms with Crippen molar-refractivity contribution in [1.29, 1.82) is 0 Å². The average Bonchev–Trinajstić information content (AvgIpc) is 3.10. The van der Waals surface area contributed by atoms with Gasteiger partial charge in [-0.05, 0) is 51.1 Å². The third-order valence-corrected chi connectivity index (χ3v) is 5.13. The van der Waals surface area contributed by atoms with E-state index in [4.69, 9.17) is 9.47 Å². The molecule has 0 radical (unpaired) electrons. The number of rotatable bonds is 8. The molecular weight excluding hydrogens is 408 g/mol. The van der Waals surface area contributed by atoms with Gasteiger partial charge in [0.05, 0.1) is 12.7 Å². The molecule has 1 aromatic heterocycles. The minimum Gasteiger partial charge on any atom is -0.496 e. The maximum absolute atomic E-state index is 12.7. The zero-order chi connectivity index (χ0) is 23.3. The SMILES string of the molecule is COc1ccccc1C(=O)NCC(=O)OCC(=O)c1cc(C)n(-c2ccc(C)cc2)c1C. The number of carbonyl (C=O) groups excluding carboxylic acids is 3. The number of esters is 1. The van der Waals surface area contributed by atoms with Crippen LogP contribution in [0.2, 0.25) is 0 Å². The molecule has 0 aliphatic heterocycles. The minimum absolute atomic E-state index is 0.305. The van der Waals surface area contributed by atoms with Crippen LogP contribution in [-0.4, -0.2) is 42.5 Å². The van der Waals surface area contributed by atoms with Gasteiger partial charge in [0, 0.05) is 22.6 Å². The maximum atomic E-state index is 12.7. The van der Waals surface area contributed by atoms with Gasteiger partial charge in [-0.25, -0.2) is 0 Å². The Kier molecular flexibility index (Phi) is 7.10. The van der Waals surface area contributed by atoms with Crippen molar-refractivity contribution in [2.24, 2.45) is 0 Å². The molecule has 0 aliphatic carbocycles. The fourth-order valence-corrected chi connectivity index (χ4v) is 3.49. The Balaban J connectivity index is 1.59. The topological polar surface area (TPSA) is 86.6 Å². The van der Waals surface area contributed by atoms with E-state index in [1.54, 1.807) is 30.3 Å². The predicted octanol–water partition coefficient (Wildman–Crippen LogP) is 3.57. The van der Waals surface area contributed by atoms with Crippen LogP contribution < -0.4 is 10.1 Å². The number of aryl methyl sites for hydroxylation is 2. The monoisotopic (exact) mass is 434 g/mol. The number of ether oxygens (including phenoxy) is 2. The Morgan fingerprint density at radius 3 is 2.31 bits per heavy atom. The molecule has 3 aromatic rings. The molecule has 2 aromatic carbocycles. The highest BCUT2D eigenvalue weighted by Gasteiger charge is 2.19. The number of ketones is 1. The van der Waals surface area contributed by atoms with Crippen molar-refractivity contribution in [1.82, 2.24) is 9.88 Å². The summed E-state index contributed by atoms with van der Waals surface area (Å²) in [6, 6.07) is 16.5. The van der Waals surface area contributed by atoms with E-state index in [1.807, 2.05) is 49.6 Å². The normalized spacial score (nSPS) is 10.5. The minimum atomic E-state index is -0.700. The van der Waals surface area contributed by atoms with Crippen molar-refractivity contribution in [3.8, 4) is 11.4 Å². The summed E-state index contributed by atoms with van der Waals surface area (Å²) >= 11 is 0. The van der Waals surface area contributed by atoms with E-state index in [-0.39, 0.29) is 12.3 Å². The second-order valence-electron chi connectivity index (χ2n) is 7.42. The second-order valence-corrected chi connectivity index (χ2v) is 7.42. The first-order valence-corrected chi connectivity index (χ1v) is 10.2. The molecule has 7 nitrogen and oxygen atoms in total. The summed E-state index contributed by atoms with van der Waals surface area (Å²) in [4.78, 5) is 37.0. The fraction of sp³-hybridized carbons (Fsp3) is 0.240. The lowest BCUT2D eigenvalue weighted by Crippen LogP contribution is -2.31. The second kappa shape index (κ2) is 9.96. The van der Waals surface area contributed by atoms with Gasteiger partial charge >= 0.3 is 5.97 Å². The van der Waals surface area contributed by atoms with E-state index < -0.39 is 18.5 Å². The molecule has 0 aliphatic rings. The number of para-hydroxylation sites is 1. The van der Waals surface area contributed by atoms with Gasteiger partial charge in [0.15, 0.2) is 6.61 Å². The lowest BCUT2D eigenvalue weighted by molar-refractivity contribution is -0.141. The number of nitrogens with zero attached hydrogens (tertiary/aromatic N) is 1. The quantitative estimate of drug-likeness (QED) is 0.433. The number of hydrogen-bond donors (Lipinski definition) is 1. The third kappa shape index (κ3) is 5.06. The first-order valence-electron chi connectivity index (χ1n) is 10.2. The van der Waals surface area contributed by atoms with Crippen molar-refractivity contribution in [3.05, 3.63) is 82.7 Å². The number of carbonyl (C=O) groups is 3. The third-order valence-electron chi connectivity index (χ3n) is 5.13. The summed E-state index contributed by atoms with van der Waals surface area (Å²) in [5.41, 5.74) is 4.59. The molecule has 0 bridgehead atoms. The van der Waals surface area contributed by atoms with Gasteiger partial charge in [0.25, 0.3) is 5.91 Å². The van der Waals surface area contributed by atoms with Crippen molar-refractivity contribution >= 4 is 17.7 Å². The highest BCUT2D eigenvalue weighted by molar-refractivity contribution is 6.00. The van der Waals surface area contributed by atoms with Crippen LogP contribution in [0.25, 0.3) is 5.69 Å². The van der Waals surface area contributed by atoms with Gasteiger partial charge < -0.3 is 19.4 Å². The molecule has 166 valence electrons. The standard InChI is InChI=1S/C25H26N2O5/c1-16-9-11-19(12-10-16)27-17(2)13-21(18(27)3)22(28)15-32-24(29)14-26-25(30)20-7-5-6-8-23(20)31-4/h5-13H,14-15H2,1-4H3,(H,26,30). The fourth-order valence-electron chi connectivity index (χ4n) is 3.49. The molecule has 1 N–H and O–H groups in total. The number of nitrogens with one attached hydrogen (secondary N) is 1. The molecule has 0 saturated heterocycles. The van der Waals surface area contributed by atoms with Crippen LogP contribution in [0, 0.1) is 20.8 Å². The molecule has 7 heteroatoms. The van der Waals surface area contributed by atoms with Gasteiger partial charge in [-0.1, -0.05) is 29.8 Å². The number of hydrogen-bond acceptors (Lipinski definition) is 5. The Hall–Kier alpha value is -3.87. The Bertz CT molecular complexity index is 1150. The summed E-state index contributed by atoms with van der Waals surface area (Å²) in [6.45, 7) is 5.04. The van der Waals surface area contributed by atoms with E-state index in [0.717, 1.165) is 22.6 Å². The first kappa shape index (κ1) is 22.8. The van der Waals surface area contributed by atoms with Crippen LogP contribution in [0.3, 0.4) is 0 Å². The van der Waals surface area contributed by atoms with Crippen molar-refractivity contribution < 1.29 is 23.9 Å². The number of aromatic nitrogens is 1. The van der Waals surface area contributed by atoms with E-state index in [2.05, 4.69) is 5.32 Å². The van der Waals surface area contributed by atoms with Crippen LogP contribution in [-0.2, 0) is 9.53 Å². The highest BCUT2D eigenvalue weighted by Crippen LogP contribution is 2.22. The summed E-state index contributed by atoms with van der Waals surface area (Å²) in [5, 5.41) is 2.48. The summed E-state index contributed by atoms with van der Waals surface area (Å²) in [5.74, 6) is -1.07. The Labute approximate surface area is 187 Å². The number of benzene rings is 2. The van der Waals surface area contributed by atoms with Crippen LogP contribution in [0.1, 0.15) is 37.7 Å². The first-order chi connectivity index (χ1) is 15.3. The Morgan fingerprint density at radius 1 is 0.938 bits per heavy atom. The number of Topliss-reactive ketones (excluding diaryl/α,β-unsaturated/α-hetero) is 1. The zero-order valence-corrected chi connectivity index (χ0v) is 18.6. The lowest BCUT2D eigenvalue weighted by Gasteiger charge is -2.10. The van der Waals surface area contributed by atoms with Gasteiger partial charge in [0.2, 0.25) is 5.78 Å². The molecule has 3 rings (SSSR count). The van der Waals surface area contributed by atoms with Gasteiger partial charge in [-0.2, -0.15) is 0 Å². The van der Waals surface area contributed by atoms with Crippen LogP contribution in [0.15, 0.2) is 54.6 Å². The molecule has 0 unspecified atom stereocenters. The van der Waals surface area contributed by atoms with Crippen molar-refractivity contribution in [2.45, 2.75) is 20.8 Å². The molecule has 0 spiro atoms. The van der Waals surface area contributed by atoms with Gasteiger partial charge in [-0.15, -0.1) is 0 Å². The molecule has 0 saturated carbocycles. The van der Waals surface area contributed by atoms with Gasteiger partial charge in [-0.3, -0.25) is 14.4 Å². The lowest BCUT2D eigenvalue weighted by atomic mass is 10.1. The molecule has 1 heterocycles. The molecule has 1 amide bonds. The Morgan fingerprint density at radius 2 is 1.62 bits per heavy atom. The van der Waals surface area contributed by atoms with Crippen LogP contribution >= 0.6 is 0 Å².